The van der Waals surface area contributed by atoms with Crippen LogP contribution in [0.5, 0.6) is 0 Å². The summed E-state index contributed by atoms with van der Waals surface area (Å²) in [5.41, 5.74) is 0.637. The van der Waals surface area contributed by atoms with Gasteiger partial charge in [-0.1, -0.05) is 0 Å². The minimum absolute atomic E-state index is 0.212. The number of aromatic nitrogens is 3. The lowest BCUT2D eigenvalue weighted by Gasteiger charge is -2.07. The van der Waals surface area contributed by atoms with E-state index >= 15 is 0 Å². The van der Waals surface area contributed by atoms with E-state index in [1.807, 2.05) is 0 Å². The summed E-state index contributed by atoms with van der Waals surface area (Å²) in [5.74, 6) is -0.404. The van der Waals surface area contributed by atoms with E-state index in [0.717, 1.165) is 5.56 Å². The molecule has 0 aliphatic heterocycles. The van der Waals surface area contributed by atoms with Crippen LogP contribution in [0.3, 0.4) is 0 Å². The van der Waals surface area contributed by atoms with Gasteiger partial charge in [-0.25, -0.2) is 14.8 Å². The highest BCUT2D eigenvalue weighted by molar-refractivity contribution is 5.92. The molecule has 2 aromatic rings. The van der Waals surface area contributed by atoms with Crippen molar-refractivity contribution in [3.8, 4) is 17.5 Å². The van der Waals surface area contributed by atoms with Crippen molar-refractivity contribution in [3.63, 3.8) is 0 Å². The number of hydrogen-bond donors (Lipinski definition) is 2. The first-order valence-corrected chi connectivity index (χ1v) is 5.96. The molecule has 7 nitrogen and oxygen atoms in total. The third kappa shape index (κ3) is 3.39. The number of nitrogens with one attached hydrogen (secondary N) is 1. The van der Waals surface area contributed by atoms with E-state index < -0.39 is 5.97 Å². The normalized spacial score (nSPS) is 11.2. The molecular weight excluding hydrogens is 270 g/mol. The number of aliphatic carboxylic acids is 1. The van der Waals surface area contributed by atoms with Crippen LogP contribution in [0.15, 0.2) is 48.1 Å². The Balaban J connectivity index is 2.31. The van der Waals surface area contributed by atoms with Crippen molar-refractivity contribution in [3.05, 3.63) is 48.1 Å². The van der Waals surface area contributed by atoms with E-state index in [9.17, 15) is 4.79 Å². The Morgan fingerprint density at radius 1 is 1.29 bits per heavy atom. The molecule has 0 atom stereocenters. The molecule has 2 N–H and O–H groups in total. The number of nitrogens with zero attached hydrogens (tertiary/aromatic N) is 4. The molecule has 2 heterocycles. The number of pyridine rings is 1. The first kappa shape index (κ1) is 14.1. The quantitative estimate of drug-likeness (QED) is 0.649. The molecule has 0 spiro atoms. The summed E-state index contributed by atoms with van der Waals surface area (Å²) in [4.78, 5) is 23.2. The largest absolute Gasteiger partial charge is 0.477 e. The van der Waals surface area contributed by atoms with Gasteiger partial charge in [0.1, 0.15) is 11.9 Å². The van der Waals surface area contributed by atoms with E-state index in [1.165, 1.54) is 6.92 Å². The molecule has 2 rings (SSSR count). The van der Waals surface area contributed by atoms with Crippen LogP contribution >= 0.6 is 0 Å². The van der Waals surface area contributed by atoms with Gasteiger partial charge in [-0.15, -0.1) is 0 Å². The van der Waals surface area contributed by atoms with Crippen LogP contribution in [0.1, 0.15) is 6.92 Å². The molecule has 0 aliphatic carbocycles. The number of nitriles is 1. The van der Waals surface area contributed by atoms with Crippen molar-refractivity contribution in [2.24, 2.45) is 0 Å². The monoisotopic (exact) mass is 281 g/mol. The number of allylic oxidation sites excluding steroid dienone is 1. The summed E-state index contributed by atoms with van der Waals surface area (Å²) in [6.07, 6.45) is 4.80. The number of carbonyl (C=O) groups is 1. The Morgan fingerprint density at radius 2 is 2.00 bits per heavy atom. The van der Waals surface area contributed by atoms with Crippen LogP contribution in [-0.2, 0) is 4.79 Å². The predicted octanol–water partition coefficient (Wildman–Crippen LogP) is 1.83. The number of anilines is 1. The van der Waals surface area contributed by atoms with Crippen molar-refractivity contribution in [2.45, 2.75) is 6.92 Å². The molecule has 0 aliphatic rings. The van der Waals surface area contributed by atoms with Gasteiger partial charge in [0.25, 0.3) is 0 Å². The zero-order chi connectivity index (χ0) is 15.2. The smallest absolute Gasteiger partial charge is 0.348 e. The van der Waals surface area contributed by atoms with Crippen LogP contribution < -0.4 is 5.32 Å². The Bertz CT molecular complexity index is 735. The van der Waals surface area contributed by atoms with Crippen LogP contribution in [0, 0.1) is 11.3 Å². The first-order valence-electron chi connectivity index (χ1n) is 5.96. The molecule has 0 saturated heterocycles. The second-order valence-electron chi connectivity index (χ2n) is 4.04. The topological polar surface area (TPSA) is 112 Å². The van der Waals surface area contributed by atoms with Crippen molar-refractivity contribution in [2.75, 3.05) is 5.32 Å². The summed E-state index contributed by atoms with van der Waals surface area (Å²) in [6.45, 7) is 1.50. The highest BCUT2D eigenvalue weighted by atomic mass is 16.4. The fourth-order valence-electron chi connectivity index (χ4n) is 1.62. The van der Waals surface area contributed by atoms with Crippen molar-refractivity contribution in [1.82, 2.24) is 15.0 Å². The minimum Gasteiger partial charge on any atom is -0.477 e. The number of carboxylic acid groups (broad SMARTS) is 1. The lowest BCUT2D eigenvalue weighted by Crippen LogP contribution is -2.08. The minimum atomic E-state index is -1.29. The lowest BCUT2D eigenvalue weighted by atomic mass is 10.2. The summed E-state index contributed by atoms with van der Waals surface area (Å²) in [6, 6.07) is 6.75. The molecule has 104 valence electrons. The SMILES string of the molecule is CC(Nc1ccnc(-c2ccncc2)n1)=C(C#N)C(=O)O. The average molecular weight is 281 g/mol. The Hall–Kier alpha value is -3.27. The Morgan fingerprint density at radius 3 is 2.62 bits per heavy atom. The summed E-state index contributed by atoms with van der Waals surface area (Å²) in [5, 5.41) is 20.5. The maximum atomic E-state index is 10.9. The van der Waals surface area contributed by atoms with Crippen LogP contribution in [0.4, 0.5) is 5.82 Å². The molecule has 2 aromatic heterocycles. The highest BCUT2D eigenvalue weighted by Gasteiger charge is 2.11. The van der Waals surface area contributed by atoms with Crippen molar-refractivity contribution >= 4 is 11.8 Å². The number of hydrogen-bond acceptors (Lipinski definition) is 6. The first-order chi connectivity index (χ1) is 10.1. The summed E-state index contributed by atoms with van der Waals surface area (Å²) >= 11 is 0. The van der Waals surface area contributed by atoms with Crippen molar-refractivity contribution < 1.29 is 9.90 Å². The molecular formula is C14H11N5O2. The summed E-state index contributed by atoms with van der Waals surface area (Å²) in [7, 11) is 0. The van der Waals surface area contributed by atoms with Gasteiger partial charge in [-0.2, -0.15) is 5.26 Å². The van der Waals surface area contributed by atoms with Gasteiger partial charge in [0.15, 0.2) is 11.4 Å². The molecule has 0 radical (unpaired) electrons. The van der Waals surface area contributed by atoms with Gasteiger partial charge in [-0.3, -0.25) is 4.98 Å². The van der Waals surface area contributed by atoms with Crippen molar-refractivity contribution in [1.29, 1.82) is 5.26 Å². The third-order valence-corrected chi connectivity index (χ3v) is 2.61. The maximum absolute atomic E-state index is 10.9. The molecule has 21 heavy (non-hydrogen) atoms. The summed E-state index contributed by atoms with van der Waals surface area (Å²) < 4.78 is 0. The lowest BCUT2D eigenvalue weighted by molar-refractivity contribution is -0.132. The van der Waals surface area contributed by atoms with E-state index in [0.29, 0.717) is 11.6 Å². The predicted molar refractivity (Wildman–Crippen MR) is 74.8 cm³/mol. The second-order valence-corrected chi connectivity index (χ2v) is 4.04. The average Bonchev–Trinajstić information content (AvgIpc) is 2.48. The van der Waals surface area contributed by atoms with Gasteiger partial charge >= 0.3 is 5.97 Å². The molecule has 7 heteroatoms. The fraction of sp³-hybridized carbons (Fsp3) is 0.0714. The van der Waals surface area contributed by atoms with Crippen LogP contribution in [0.25, 0.3) is 11.4 Å². The zero-order valence-corrected chi connectivity index (χ0v) is 11.1. The Labute approximate surface area is 120 Å². The highest BCUT2D eigenvalue weighted by Crippen LogP contribution is 2.16. The standard InChI is InChI=1S/C14H11N5O2/c1-9(11(8-15)14(20)21)18-12-4-7-17-13(19-12)10-2-5-16-6-3-10/h2-7H,1H3,(H,20,21)(H,17,18,19). The molecule has 0 fully saturated rings. The number of rotatable bonds is 4. The molecule has 0 bridgehead atoms. The van der Waals surface area contributed by atoms with Gasteiger partial charge in [0.05, 0.1) is 0 Å². The van der Waals surface area contributed by atoms with Crippen LogP contribution in [-0.4, -0.2) is 26.0 Å². The third-order valence-electron chi connectivity index (χ3n) is 2.61. The van der Waals surface area contributed by atoms with E-state index in [2.05, 4.69) is 20.3 Å². The number of carboxylic acids is 1. The fourth-order valence-corrected chi connectivity index (χ4v) is 1.62. The Kier molecular flexibility index (Phi) is 4.21. The van der Waals surface area contributed by atoms with Gasteiger partial charge < -0.3 is 10.4 Å². The molecule has 0 saturated carbocycles. The van der Waals surface area contributed by atoms with Gasteiger partial charge in [0.2, 0.25) is 0 Å². The second kappa shape index (κ2) is 6.25. The van der Waals surface area contributed by atoms with Gasteiger partial charge in [0, 0.05) is 29.9 Å². The molecule has 0 unspecified atom stereocenters. The maximum Gasteiger partial charge on any atom is 0.348 e. The molecule has 0 amide bonds. The zero-order valence-electron chi connectivity index (χ0n) is 11.1. The molecule has 0 aromatic carbocycles. The van der Waals surface area contributed by atoms with E-state index in [4.69, 9.17) is 10.4 Å². The van der Waals surface area contributed by atoms with Crippen LogP contribution in [0.2, 0.25) is 0 Å². The van der Waals surface area contributed by atoms with Gasteiger partial charge in [-0.05, 0) is 25.1 Å². The van der Waals surface area contributed by atoms with E-state index in [-0.39, 0.29) is 11.3 Å². The van der Waals surface area contributed by atoms with E-state index in [1.54, 1.807) is 42.9 Å².